The second-order valence-electron chi connectivity index (χ2n) is 8.00. The van der Waals surface area contributed by atoms with Gasteiger partial charge in [0.1, 0.15) is 5.82 Å². The maximum absolute atomic E-state index is 12.7. The summed E-state index contributed by atoms with van der Waals surface area (Å²) in [7, 11) is 1.46. The standard InChI is InChI=1S/C19H25N3O4/c1-3-10-22-15(23)12-11-13(20-14(12)21-17(22)25)18-4-7-19(8-5-18,9-6-18)16(24)26-2/h3-11H2,1-2H3,(H,21,25). The number of aromatic amines is 1. The van der Waals surface area contributed by atoms with E-state index in [2.05, 4.69) is 9.98 Å². The van der Waals surface area contributed by atoms with Crippen LogP contribution in [0.25, 0.3) is 0 Å². The minimum absolute atomic E-state index is 0.0479. The Morgan fingerprint density at radius 3 is 2.42 bits per heavy atom. The number of ether oxygens (including phenoxy) is 1. The SMILES string of the molecule is CCCn1c(=O)[nH]c2c(c1=O)CC(C13CCC(C(=O)OC)(CC1)CC3)=N2. The van der Waals surface area contributed by atoms with Crippen LogP contribution in [-0.2, 0) is 22.5 Å². The average molecular weight is 359 g/mol. The van der Waals surface area contributed by atoms with E-state index in [1.807, 2.05) is 6.92 Å². The highest BCUT2D eigenvalue weighted by molar-refractivity contribution is 5.98. The van der Waals surface area contributed by atoms with E-state index in [9.17, 15) is 14.4 Å². The molecule has 0 aromatic carbocycles. The number of carbonyl (C=O) groups is 1. The highest BCUT2D eigenvalue weighted by Crippen LogP contribution is 2.58. The first-order valence-electron chi connectivity index (χ1n) is 9.47. The number of nitrogens with zero attached hydrogens (tertiary/aromatic N) is 2. The van der Waals surface area contributed by atoms with Crippen molar-refractivity contribution in [2.75, 3.05) is 7.11 Å². The molecule has 0 atom stereocenters. The largest absolute Gasteiger partial charge is 0.469 e. The number of rotatable bonds is 4. The summed E-state index contributed by atoms with van der Waals surface area (Å²) < 4.78 is 6.31. The van der Waals surface area contributed by atoms with Crippen molar-refractivity contribution in [2.24, 2.45) is 15.8 Å². The Bertz CT molecular complexity index is 884. The molecule has 1 aromatic heterocycles. The molecule has 26 heavy (non-hydrogen) atoms. The lowest BCUT2D eigenvalue weighted by Crippen LogP contribution is -2.49. The van der Waals surface area contributed by atoms with Gasteiger partial charge < -0.3 is 4.74 Å². The molecule has 0 saturated heterocycles. The third-order valence-electron chi connectivity index (χ3n) is 6.77. The summed E-state index contributed by atoms with van der Waals surface area (Å²) in [5, 5.41) is 0. The van der Waals surface area contributed by atoms with Gasteiger partial charge in [0.15, 0.2) is 0 Å². The molecule has 2 bridgehead atoms. The molecular formula is C19H25N3O4. The number of nitrogens with one attached hydrogen (secondary N) is 1. The smallest absolute Gasteiger partial charge is 0.329 e. The summed E-state index contributed by atoms with van der Waals surface area (Å²) in [5.74, 6) is 0.348. The number of hydrogen-bond donors (Lipinski definition) is 1. The summed E-state index contributed by atoms with van der Waals surface area (Å²) in [4.78, 5) is 44.5. The Labute approximate surface area is 151 Å². The minimum atomic E-state index is -0.380. The van der Waals surface area contributed by atoms with Crippen LogP contribution in [0.15, 0.2) is 14.6 Å². The van der Waals surface area contributed by atoms with Crippen LogP contribution in [-0.4, -0.2) is 28.3 Å². The average Bonchev–Trinajstić information content (AvgIpc) is 3.11. The third kappa shape index (κ3) is 2.32. The maximum Gasteiger partial charge on any atom is 0.329 e. The Hall–Kier alpha value is -2.18. The Kier molecular flexibility index (Phi) is 3.93. The van der Waals surface area contributed by atoms with Crippen LogP contribution in [0.1, 0.15) is 57.4 Å². The second-order valence-corrected chi connectivity index (χ2v) is 8.00. The van der Waals surface area contributed by atoms with E-state index >= 15 is 0 Å². The lowest BCUT2D eigenvalue weighted by atomic mass is 9.52. The topological polar surface area (TPSA) is 93.5 Å². The molecular weight excluding hydrogens is 334 g/mol. The first-order chi connectivity index (χ1) is 12.4. The monoisotopic (exact) mass is 359 g/mol. The molecule has 0 amide bonds. The van der Waals surface area contributed by atoms with Gasteiger partial charge in [-0.15, -0.1) is 0 Å². The van der Waals surface area contributed by atoms with Crippen molar-refractivity contribution in [3.05, 3.63) is 26.4 Å². The Balaban J connectivity index is 1.63. The van der Waals surface area contributed by atoms with Crippen LogP contribution in [0.4, 0.5) is 5.82 Å². The van der Waals surface area contributed by atoms with Crippen LogP contribution >= 0.6 is 0 Å². The van der Waals surface area contributed by atoms with Crippen molar-refractivity contribution in [3.8, 4) is 0 Å². The number of fused-ring (bicyclic) bond motifs is 4. The first-order valence-corrected chi connectivity index (χ1v) is 9.47. The fourth-order valence-electron chi connectivity index (χ4n) is 5.07. The number of esters is 1. The lowest BCUT2D eigenvalue weighted by Gasteiger charge is -2.51. The highest BCUT2D eigenvalue weighted by Gasteiger charge is 2.55. The van der Waals surface area contributed by atoms with Crippen molar-refractivity contribution in [2.45, 2.75) is 64.8 Å². The third-order valence-corrected chi connectivity index (χ3v) is 6.77. The molecule has 4 aliphatic rings. The predicted octanol–water partition coefficient (Wildman–Crippen LogP) is 2.09. The number of aliphatic imine (C=N–C) groups is 1. The summed E-state index contributed by atoms with van der Waals surface area (Å²) in [6, 6.07) is 0. The fraction of sp³-hybridized carbons (Fsp3) is 0.684. The van der Waals surface area contributed by atoms with E-state index in [4.69, 9.17) is 4.74 Å². The van der Waals surface area contributed by atoms with Crippen LogP contribution in [0, 0.1) is 10.8 Å². The van der Waals surface area contributed by atoms with Gasteiger partial charge in [0.05, 0.1) is 18.1 Å². The lowest BCUT2D eigenvalue weighted by molar-refractivity contribution is -0.160. The van der Waals surface area contributed by atoms with Gasteiger partial charge in [-0.1, -0.05) is 6.92 Å². The molecule has 7 heteroatoms. The van der Waals surface area contributed by atoms with E-state index in [1.54, 1.807) is 0 Å². The Morgan fingerprint density at radius 1 is 1.19 bits per heavy atom. The molecule has 0 unspecified atom stereocenters. The van der Waals surface area contributed by atoms with Crippen molar-refractivity contribution >= 4 is 17.5 Å². The summed E-state index contributed by atoms with van der Waals surface area (Å²) in [5.41, 5.74) is 0.648. The van der Waals surface area contributed by atoms with Crippen LogP contribution in [0.2, 0.25) is 0 Å². The van der Waals surface area contributed by atoms with Gasteiger partial charge in [-0.25, -0.2) is 9.79 Å². The molecule has 5 rings (SSSR count). The van der Waals surface area contributed by atoms with Gasteiger partial charge in [0.25, 0.3) is 5.56 Å². The number of H-pyrrole nitrogens is 1. The van der Waals surface area contributed by atoms with Crippen LogP contribution in [0.5, 0.6) is 0 Å². The zero-order chi connectivity index (χ0) is 18.5. The van der Waals surface area contributed by atoms with E-state index < -0.39 is 0 Å². The van der Waals surface area contributed by atoms with Gasteiger partial charge >= 0.3 is 11.7 Å². The molecule has 2 heterocycles. The summed E-state index contributed by atoms with van der Waals surface area (Å²) in [6.07, 6.45) is 6.35. The molecule has 140 valence electrons. The quantitative estimate of drug-likeness (QED) is 0.833. The zero-order valence-corrected chi connectivity index (χ0v) is 15.4. The van der Waals surface area contributed by atoms with Gasteiger partial charge in [0, 0.05) is 24.1 Å². The number of carbonyl (C=O) groups excluding carboxylic acids is 1. The molecule has 1 aliphatic heterocycles. The zero-order valence-electron chi connectivity index (χ0n) is 15.4. The Morgan fingerprint density at radius 2 is 1.85 bits per heavy atom. The molecule has 0 radical (unpaired) electrons. The van der Waals surface area contributed by atoms with Gasteiger partial charge in [-0.3, -0.25) is 19.1 Å². The molecule has 0 spiro atoms. The molecule has 1 aromatic rings. The fourth-order valence-corrected chi connectivity index (χ4v) is 5.07. The van der Waals surface area contributed by atoms with E-state index in [0.29, 0.717) is 24.3 Å². The van der Waals surface area contributed by atoms with E-state index in [1.165, 1.54) is 11.7 Å². The van der Waals surface area contributed by atoms with Gasteiger partial charge in [-0.2, -0.15) is 0 Å². The molecule has 1 N–H and O–H groups in total. The van der Waals surface area contributed by atoms with Crippen molar-refractivity contribution in [1.82, 2.24) is 9.55 Å². The maximum atomic E-state index is 12.7. The van der Waals surface area contributed by atoms with Gasteiger partial charge in [0.2, 0.25) is 0 Å². The molecule has 7 nitrogen and oxygen atoms in total. The van der Waals surface area contributed by atoms with E-state index in [-0.39, 0.29) is 28.0 Å². The number of hydrogen-bond acceptors (Lipinski definition) is 5. The number of aromatic nitrogens is 2. The summed E-state index contributed by atoms with van der Waals surface area (Å²) >= 11 is 0. The highest BCUT2D eigenvalue weighted by atomic mass is 16.5. The molecule has 3 saturated carbocycles. The molecule has 3 aliphatic carbocycles. The minimum Gasteiger partial charge on any atom is -0.469 e. The normalized spacial score (nSPS) is 29.4. The second kappa shape index (κ2) is 5.93. The van der Waals surface area contributed by atoms with Crippen molar-refractivity contribution < 1.29 is 9.53 Å². The first kappa shape index (κ1) is 17.2. The van der Waals surface area contributed by atoms with Crippen molar-refractivity contribution in [3.63, 3.8) is 0 Å². The summed E-state index contributed by atoms with van der Waals surface area (Å²) in [6.45, 7) is 2.36. The van der Waals surface area contributed by atoms with Gasteiger partial charge in [-0.05, 0) is 44.9 Å². The van der Waals surface area contributed by atoms with Crippen LogP contribution in [0.3, 0.4) is 0 Å². The predicted molar refractivity (Wildman–Crippen MR) is 97.0 cm³/mol. The van der Waals surface area contributed by atoms with Crippen LogP contribution < -0.4 is 11.2 Å². The molecule has 3 fully saturated rings. The van der Waals surface area contributed by atoms with Crippen molar-refractivity contribution in [1.29, 1.82) is 0 Å². The van der Waals surface area contributed by atoms with E-state index in [0.717, 1.165) is 50.7 Å². The number of methoxy groups -OCH3 is 1.